The molecule has 1 aromatic carbocycles. The van der Waals surface area contributed by atoms with Crippen molar-refractivity contribution in [3.63, 3.8) is 0 Å². The summed E-state index contributed by atoms with van der Waals surface area (Å²) in [5.74, 6) is 0.299. The fraction of sp³-hybridized carbons (Fsp3) is 0.600. The topological polar surface area (TPSA) is 49.6 Å². The second-order valence-corrected chi connectivity index (χ2v) is 6.27. The summed E-state index contributed by atoms with van der Waals surface area (Å²) in [4.78, 5) is 15.8. The molecule has 0 N–H and O–H groups in total. The summed E-state index contributed by atoms with van der Waals surface area (Å²) >= 11 is 5.80. The van der Waals surface area contributed by atoms with E-state index < -0.39 is 0 Å². The van der Waals surface area contributed by atoms with Gasteiger partial charge in [0.1, 0.15) is 5.69 Å². The molecule has 2 aliphatic heterocycles. The molecule has 2 fully saturated rings. The number of nitrogens with zero attached hydrogens (tertiary/aromatic N) is 3. The molecule has 2 aliphatic rings. The van der Waals surface area contributed by atoms with E-state index in [4.69, 9.17) is 11.6 Å². The first-order chi connectivity index (χ1) is 10.1. The molecule has 0 spiro atoms. The number of hydrogen-bond acceptors (Lipinski definition) is 4. The maximum atomic E-state index is 11.4. The molecule has 0 aromatic heterocycles. The Balaban J connectivity index is 1.93. The highest BCUT2D eigenvalue weighted by molar-refractivity contribution is 6.17. The quantitative estimate of drug-likeness (QED) is 0.489. The van der Waals surface area contributed by atoms with Crippen molar-refractivity contribution in [1.29, 1.82) is 0 Å². The van der Waals surface area contributed by atoms with Crippen molar-refractivity contribution in [3.8, 4) is 0 Å². The average molecular weight is 310 g/mol. The zero-order chi connectivity index (χ0) is 15.0. The van der Waals surface area contributed by atoms with E-state index in [0.717, 1.165) is 30.9 Å². The van der Waals surface area contributed by atoms with Gasteiger partial charge in [0.2, 0.25) is 0 Å². The van der Waals surface area contributed by atoms with Gasteiger partial charge in [0.25, 0.3) is 5.69 Å². The van der Waals surface area contributed by atoms with E-state index in [-0.39, 0.29) is 10.6 Å². The maximum absolute atomic E-state index is 11.4. The summed E-state index contributed by atoms with van der Waals surface area (Å²) in [6.45, 7) is 5.17. The number of nitro groups is 1. The van der Waals surface area contributed by atoms with Gasteiger partial charge in [-0.1, -0.05) is 6.07 Å². The van der Waals surface area contributed by atoms with Gasteiger partial charge in [-0.2, -0.15) is 0 Å². The minimum Gasteiger partial charge on any atom is -0.360 e. The lowest BCUT2D eigenvalue weighted by atomic mass is 10.1. The summed E-state index contributed by atoms with van der Waals surface area (Å²) in [5.41, 5.74) is 1.69. The number of fused-ring (bicyclic) bond motifs is 1. The maximum Gasteiger partial charge on any atom is 0.292 e. The van der Waals surface area contributed by atoms with Crippen molar-refractivity contribution in [2.75, 3.05) is 24.5 Å². The molecular formula is C15H20ClN3O2. The summed E-state index contributed by atoms with van der Waals surface area (Å²) in [5, 5.41) is 11.4. The van der Waals surface area contributed by atoms with Gasteiger partial charge in [-0.3, -0.25) is 15.0 Å². The van der Waals surface area contributed by atoms with Gasteiger partial charge in [0.15, 0.2) is 0 Å². The molecule has 0 bridgehead atoms. The summed E-state index contributed by atoms with van der Waals surface area (Å²) < 4.78 is 0. The molecule has 3 rings (SSSR count). The highest BCUT2D eigenvalue weighted by atomic mass is 35.5. The fourth-order valence-electron chi connectivity index (χ4n) is 3.56. The minimum absolute atomic E-state index is 0.173. The lowest BCUT2D eigenvalue weighted by molar-refractivity contribution is -0.384. The Kier molecular flexibility index (Phi) is 4.04. The number of benzene rings is 1. The van der Waals surface area contributed by atoms with E-state index in [2.05, 4.69) is 16.7 Å². The molecule has 6 heteroatoms. The van der Waals surface area contributed by atoms with Crippen LogP contribution in [0.25, 0.3) is 0 Å². The fourth-order valence-corrected chi connectivity index (χ4v) is 3.73. The first-order valence-corrected chi connectivity index (χ1v) is 7.97. The van der Waals surface area contributed by atoms with Crippen LogP contribution in [0.2, 0.25) is 0 Å². The number of halogens is 1. The Labute approximate surface area is 129 Å². The molecule has 0 saturated carbocycles. The Morgan fingerprint density at radius 3 is 2.95 bits per heavy atom. The smallest absolute Gasteiger partial charge is 0.292 e. The third kappa shape index (κ3) is 2.72. The molecular weight excluding hydrogens is 290 g/mol. The van der Waals surface area contributed by atoms with Gasteiger partial charge < -0.3 is 4.90 Å². The molecule has 5 nitrogen and oxygen atoms in total. The zero-order valence-electron chi connectivity index (χ0n) is 12.2. The Morgan fingerprint density at radius 1 is 1.43 bits per heavy atom. The standard InChI is InChI=1S/C15H20ClN3O2/c1-11-9-17-6-2-3-13(17)10-18(11)14-5-4-12(8-16)7-15(14)19(20)21/h4-5,7,11,13H,2-3,6,8-10H2,1H3. The van der Waals surface area contributed by atoms with Gasteiger partial charge in [-0.15, -0.1) is 11.6 Å². The first kappa shape index (κ1) is 14.6. The number of hydrogen-bond donors (Lipinski definition) is 0. The third-order valence-electron chi connectivity index (χ3n) is 4.64. The lowest BCUT2D eigenvalue weighted by Crippen LogP contribution is -2.55. The molecule has 0 amide bonds. The van der Waals surface area contributed by atoms with Crippen molar-refractivity contribution in [1.82, 2.24) is 4.90 Å². The van der Waals surface area contributed by atoms with Crippen molar-refractivity contribution in [2.45, 2.75) is 37.7 Å². The Morgan fingerprint density at radius 2 is 2.24 bits per heavy atom. The number of anilines is 1. The normalized spacial score (nSPS) is 25.9. The van der Waals surface area contributed by atoms with E-state index in [1.54, 1.807) is 6.07 Å². The van der Waals surface area contributed by atoms with Crippen LogP contribution in [0.4, 0.5) is 11.4 Å². The molecule has 2 saturated heterocycles. The second kappa shape index (κ2) is 5.81. The molecule has 21 heavy (non-hydrogen) atoms. The van der Waals surface area contributed by atoms with Gasteiger partial charge in [-0.05, 0) is 37.9 Å². The minimum atomic E-state index is -0.293. The lowest BCUT2D eigenvalue weighted by Gasteiger charge is -2.43. The van der Waals surface area contributed by atoms with Gasteiger partial charge >= 0.3 is 0 Å². The van der Waals surface area contributed by atoms with Crippen LogP contribution >= 0.6 is 11.6 Å². The molecule has 1 aromatic rings. The number of nitro benzene ring substituents is 1. The van der Waals surface area contributed by atoms with Crippen LogP contribution in [0.5, 0.6) is 0 Å². The van der Waals surface area contributed by atoms with Gasteiger partial charge in [0, 0.05) is 37.1 Å². The zero-order valence-corrected chi connectivity index (χ0v) is 12.9. The third-order valence-corrected chi connectivity index (χ3v) is 4.95. The van der Waals surface area contributed by atoms with Crippen molar-refractivity contribution in [2.24, 2.45) is 0 Å². The van der Waals surface area contributed by atoms with Crippen LogP contribution in [0.1, 0.15) is 25.3 Å². The monoisotopic (exact) mass is 309 g/mol. The predicted molar refractivity (Wildman–Crippen MR) is 84.1 cm³/mol. The van der Waals surface area contributed by atoms with Crippen LogP contribution < -0.4 is 4.90 Å². The Hall–Kier alpha value is -1.33. The molecule has 0 radical (unpaired) electrons. The summed E-state index contributed by atoms with van der Waals surface area (Å²) in [6.07, 6.45) is 2.43. The molecule has 114 valence electrons. The first-order valence-electron chi connectivity index (χ1n) is 7.44. The average Bonchev–Trinajstić information content (AvgIpc) is 2.92. The highest BCUT2D eigenvalue weighted by Crippen LogP contribution is 2.35. The van der Waals surface area contributed by atoms with Crippen LogP contribution in [0.3, 0.4) is 0 Å². The van der Waals surface area contributed by atoms with Crippen LogP contribution in [0, 0.1) is 10.1 Å². The van der Waals surface area contributed by atoms with Crippen molar-refractivity contribution < 1.29 is 4.92 Å². The van der Waals surface area contributed by atoms with E-state index in [0.29, 0.717) is 18.0 Å². The number of piperazine rings is 1. The van der Waals surface area contributed by atoms with Gasteiger partial charge in [0.05, 0.1) is 4.92 Å². The SMILES string of the molecule is CC1CN2CCCC2CN1c1ccc(CCl)cc1[N+](=O)[O-]. The summed E-state index contributed by atoms with van der Waals surface area (Å²) in [6, 6.07) is 6.18. The molecule has 2 atom stereocenters. The van der Waals surface area contributed by atoms with E-state index in [1.807, 2.05) is 12.1 Å². The highest BCUT2D eigenvalue weighted by Gasteiger charge is 2.36. The predicted octanol–water partition coefficient (Wildman–Crippen LogP) is 3.01. The van der Waals surface area contributed by atoms with Crippen molar-refractivity contribution in [3.05, 3.63) is 33.9 Å². The molecule has 2 unspecified atom stereocenters. The van der Waals surface area contributed by atoms with Crippen LogP contribution in [-0.4, -0.2) is 41.5 Å². The van der Waals surface area contributed by atoms with Crippen molar-refractivity contribution >= 4 is 23.0 Å². The Bertz CT molecular complexity index is 552. The molecule has 2 heterocycles. The van der Waals surface area contributed by atoms with E-state index >= 15 is 0 Å². The molecule has 0 aliphatic carbocycles. The number of rotatable bonds is 3. The van der Waals surface area contributed by atoms with E-state index in [9.17, 15) is 10.1 Å². The largest absolute Gasteiger partial charge is 0.360 e. The summed E-state index contributed by atoms with van der Waals surface area (Å²) in [7, 11) is 0. The van der Waals surface area contributed by atoms with E-state index in [1.165, 1.54) is 12.8 Å². The second-order valence-electron chi connectivity index (χ2n) is 6.01. The number of alkyl halides is 1. The van der Waals surface area contributed by atoms with Crippen LogP contribution in [-0.2, 0) is 5.88 Å². The van der Waals surface area contributed by atoms with Gasteiger partial charge in [-0.25, -0.2) is 0 Å². The van der Waals surface area contributed by atoms with Crippen LogP contribution in [0.15, 0.2) is 18.2 Å².